The van der Waals surface area contributed by atoms with E-state index >= 15 is 0 Å². The molecule has 0 fully saturated rings. The number of aromatic carboxylic acids is 1. The summed E-state index contributed by atoms with van der Waals surface area (Å²) in [6.45, 7) is 0. The smallest absolute Gasteiger partial charge is 0.338 e. The fourth-order valence-electron chi connectivity index (χ4n) is 1.47. The second-order valence-electron chi connectivity index (χ2n) is 3.71. The number of carboxylic acid groups (broad SMARTS) is 1. The number of halogens is 2. The van der Waals surface area contributed by atoms with Crippen molar-refractivity contribution in [2.45, 2.75) is 9.79 Å². The van der Waals surface area contributed by atoms with E-state index in [9.17, 15) is 9.18 Å². The first-order chi connectivity index (χ1) is 8.99. The quantitative estimate of drug-likeness (QED) is 0.843. The van der Waals surface area contributed by atoms with Gasteiger partial charge in [-0.05, 0) is 24.3 Å². The van der Waals surface area contributed by atoms with Crippen molar-refractivity contribution in [2.24, 2.45) is 0 Å². The molecule has 2 aromatic carbocycles. The number of carbonyl (C=O) groups is 1. The Hall–Kier alpha value is -1.72. The van der Waals surface area contributed by atoms with E-state index in [-0.39, 0.29) is 5.69 Å². The predicted octanol–water partition coefficient (Wildman–Crippen LogP) is 3.91. The van der Waals surface area contributed by atoms with Gasteiger partial charge in [-0.15, -0.1) is 0 Å². The monoisotopic (exact) mass is 297 g/mol. The van der Waals surface area contributed by atoms with Crippen molar-refractivity contribution in [1.82, 2.24) is 0 Å². The molecule has 0 atom stereocenters. The summed E-state index contributed by atoms with van der Waals surface area (Å²) in [6.07, 6.45) is 0. The molecule has 2 aromatic rings. The molecule has 98 valence electrons. The summed E-state index contributed by atoms with van der Waals surface area (Å²) in [7, 11) is 0. The van der Waals surface area contributed by atoms with Gasteiger partial charge in [0.2, 0.25) is 0 Å². The number of rotatable bonds is 3. The maximum absolute atomic E-state index is 13.6. The third-order valence-corrected chi connectivity index (χ3v) is 3.98. The highest BCUT2D eigenvalue weighted by atomic mass is 35.5. The van der Waals surface area contributed by atoms with Gasteiger partial charge in [0, 0.05) is 15.5 Å². The number of nitrogens with two attached hydrogens (primary N) is 1. The Kier molecular flexibility index (Phi) is 3.97. The zero-order valence-corrected chi connectivity index (χ0v) is 11.1. The summed E-state index contributed by atoms with van der Waals surface area (Å²) >= 11 is 7.18. The molecule has 0 amide bonds. The van der Waals surface area contributed by atoms with Crippen LogP contribution in [0.1, 0.15) is 10.4 Å². The van der Waals surface area contributed by atoms with Crippen LogP contribution in [0.4, 0.5) is 10.1 Å². The van der Waals surface area contributed by atoms with Crippen LogP contribution in [0.2, 0.25) is 5.02 Å². The van der Waals surface area contributed by atoms with Gasteiger partial charge in [0.15, 0.2) is 0 Å². The highest BCUT2D eigenvalue weighted by Crippen LogP contribution is 2.37. The average Bonchev–Trinajstić information content (AvgIpc) is 2.35. The molecule has 0 radical (unpaired) electrons. The topological polar surface area (TPSA) is 63.3 Å². The number of anilines is 1. The first kappa shape index (κ1) is 13.7. The molecule has 19 heavy (non-hydrogen) atoms. The van der Waals surface area contributed by atoms with Crippen molar-refractivity contribution in [1.29, 1.82) is 0 Å². The van der Waals surface area contributed by atoms with Gasteiger partial charge in [0.25, 0.3) is 0 Å². The number of hydrogen-bond acceptors (Lipinski definition) is 3. The molecule has 0 aliphatic carbocycles. The molecule has 0 aliphatic rings. The predicted molar refractivity (Wildman–Crippen MR) is 73.3 cm³/mol. The lowest BCUT2D eigenvalue weighted by molar-refractivity contribution is 0.0692. The normalized spacial score (nSPS) is 10.4. The van der Waals surface area contributed by atoms with Crippen molar-refractivity contribution < 1.29 is 14.3 Å². The summed E-state index contributed by atoms with van der Waals surface area (Å²) in [5.41, 5.74) is 5.49. The second-order valence-corrected chi connectivity index (χ2v) is 5.20. The van der Waals surface area contributed by atoms with E-state index in [2.05, 4.69) is 0 Å². The van der Waals surface area contributed by atoms with Crippen molar-refractivity contribution in [3.8, 4) is 0 Å². The van der Waals surface area contributed by atoms with Gasteiger partial charge in [0.05, 0.1) is 10.6 Å². The lowest BCUT2D eigenvalue weighted by atomic mass is 10.2. The van der Waals surface area contributed by atoms with E-state index in [1.54, 1.807) is 24.3 Å². The molecule has 3 N–H and O–H groups in total. The second kappa shape index (κ2) is 5.50. The molecule has 0 spiro atoms. The largest absolute Gasteiger partial charge is 0.478 e. The van der Waals surface area contributed by atoms with Crippen molar-refractivity contribution >= 4 is 35.0 Å². The minimum absolute atomic E-state index is 0.198. The number of nitrogen functional groups attached to an aromatic ring is 1. The fourth-order valence-corrected chi connectivity index (χ4v) is 2.61. The summed E-state index contributed by atoms with van der Waals surface area (Å²) in [4.78, 5) is 11.9. The molecule has 6 heteroatoms. The number of hydrogen-bond donors (Lipinski definition) is 2. The van der Waals surface area contributed by atoms with Gasteiger partial charge < -0.3 is 10.8 Å². The third-order valence-electron chi connectivity index (χ3n) is 2.39. The number of benzene rings is 2. The first-order valence-electron chi connectivity index (χ1n) is 5.23. The molecule has 2 rings (SSSR count). The lowest BCUT2D eigenvalue weighted by Gasteiger charge is -2.08. The fraction of sp³-hybridized carbons (Fsp3) is 0. The molecule has 0 saturated carbocycles. The Labute approximate surface area is 118 Å². The molecule has 0 heterocycles. The standard InChI is InChI=1S/C13H9ClFNO2S/c14-8-3-1-2-4-11(8)19-12-6-9(15)7(13(17)18)5-10(12)16/h1-6H,16H2,(H,17,18). The Balaban J connectivity index is 2.39. The summed E-state index contributed by atoms with van der Waals surface area (Å²) in [5, 5.41) is 9.31. The minimum Gasteiger partial charge on any atom is -0.478 e. The van der Waals surface area contributed by atoms with E-state index in [4.69, 9.17) is 22.4 Å². The van der Waals surface area contributed by atoms with E-state index < -0.39 is 17.3 Å². The Morgan fingerprint density at radius 2 is 1.95 bits per heavy atom. The summed E-state index contributed by atoms with van der Waals surface area (Å²) in [6, 6.07) is 9.28. The van der Waals surface area contributed by atoms with Crippen LogP contribution >= 0.6 is 23.4 Å². The van der Waals surface area contributed by atoms with Gasteiger partial charge in [-0.25, -0.2) is 9.18 Å². The van der Waals surface area contributed by atoms with Crippen LogP contribution < -0.4 is 5.73 Å². The third kappa shape index (κ3) is 3.00. The highest BCUT2D eigenvalue weighted by molar-refractivity contribution is 7.99. The zero-order chi connectivity index (χ0) is 14.0. The molecule has 0 unspecified atom stereocenters. The minimum atomic E-state index is -1.35. The van der Waals surface area contributed by atoms with Gasteiger partial charge in [-0.2, -0.15) is 0 Å². The van der Waals surface area contributed by atoms with Crippen molar-refractivity contribution in [3.05, 3.63) is 52.8 Å². The van der Waals surface area contributed by atoms with Gasteiger partial charge in [-0.3, -0.25) is 0 Å². The molecule has 0 aromatic heterocycles. The first-order valence-corrected chi connectivity index (χ1v) is 6.43. The Bertz CT molecular complexity index is 649. The van der Waals surface area contributed by atoms with Crippen LogP contribution in [-0.2, 0) is 0 Å². The van der Waals surface area contributed by atoms with Crippen LogP contribution in [0.5, 0.6) is 0 Å². The van der Waals surface area contributed by atoms with E-state index in [0.29, 0.717) is 9.92 Å². The molecule has 0 bridgehead atoms. The molecule has 0 saturated heterocycles. The van der Waals surface area contributed by atoms with Crippen LogP contribution in [0.15, 0.2) is 46.2 Å². The molecule has 3 nitrogen and oxygen atoms in total. The summed E-state index contributed by atoms with van der Waals surface area (Å²) in [5.74, 6) is -2.17. The molecular formula is C13H9ClFNO2S. The zero-order valence-electron chi connectivity index (χ0n) is 9.56. The highest BCUT2D eigenvalue weighted by Gasteiger charge is 2.15. The maximum atomic E-state index is 13.6. The van der Waals surface area contributed by atoms with Crippen LogP contribution in [-0.4, -0.2) is 11.1 Å². The Morgan fingerprint density at radius 3 is 2.58 bits per heavy atom. The summed E-state index contributed by atoms with van der Waals surface area (Å²) < 4.78 is 13.6. The molecule has 0 aliphatic heterocycles. The van der Waals surface area contributed by atoms with E-state index in [1.807, 2.05) is 0 Å². The van der Waals surface area contributed by atoms with Crippen LogP contribution in [0, 0.1) is 5.82 Å². The van der Waals surface area contributed by atoms with Crippen molar-refractivity contribution in [3.63, 3.8) is 0 Å². The number of carboxylic acids is 1. The van der Waals surface area contributed by atoms with Gasteiger partial charge in [-0.1, -0.05) is 35.5 Å². The van der Waals surface area contributed by atoms with Crippen LogP contribution in [0.25, 0.3) is 0 Å². The average molecular weight is 298 g/mol. The maximum Gasteiger partial charge on any atom is 0.338 e. The van der Waals surface area contributed by atoms with E-state index in [0.717, 1.165) is 17.0 Å². The van der Waals surface area contributed by atoms with E-state index in [1.165, 1.54) is 11.8 Å². The Morgan fingerprint density at radius 1 is 1.26 bits per heavy atom. The van der Waals surface area contributed by atoms with Gasteiger partial charge in [0.1, 0.15) is 5.82 Å². The van der Waals surface area contributed by atoms with Crippen molar-refractivity contribution in [2.75, 3.05) is 5.73 Å². The van der Waals surface area contributed by atoms with Gasteiger partial charge >= 0.3 is 5.97 Å². The molecular weight excluding hydrogens is 289 g/mol. The SMILES string of the molecule is Nc1cc(C(=O)O)c(F)cc1Sc1ccccc1Cl. The van der Waals surface area contributed by atoms with Crippen LogP contribution in [0.3, 0.4) is 0 Å². The lowest BCUT2D eigenvalue weighted by Crippen LogP contribution is -2.03.